The second-order valence-corrected chi connectivity index (χ2v) is 6.70. The van der Waals surface area contributed by atoms with Gasteiger partial charge in [0.05, 0.1) is 6.10 Å². The van der Waals surface area contributed by atoms with Crippen LogP contribution in [-0.4, -0.2) is 23.5 Å². The molecule has 0 spiro atoms. The van der Waals surface area contributed by atoms with Gasteiger partial charge in [-0.1, -0.05) is 25.1 Å². The Labute approximate surface area is 140 Å². The zero-order valence-corrected chi connectivity index (χ0v) is 13.5. The van der Waals surface area contributed by atoms with Gasteiger partial charge in [-0.3, -0.25) is 4.79 Å². The van der Waals surface area contributed by atoms with Crippen molar-refractivity contribution >= 4 is 5.78 Å². The lowest BCUT2D eigenvalue weighted by molar-refractivity contribution is -0.229. The highest BCUT2D eigenvalue weighted by Gasteiger charge is 2.66. The monoisotopic (exact) mass is 328 g/mol. The number of fused-ring (bicyclic) bond motifs is 2. The minimum absolute atomic E-state index is 0.0743. The molecule has 0 amide bonds. The number of allylic oxidation sites excluding steroid dienone is 2. The summed E-state index contributed by atoms with van der Waals surface area (Å²) >= 11 is 0. The van der Waals surface area contributed by atoms with Crippen LogP contribution in [0, 0.1) is 11.3 Å². The van der Waals surface area contributed by atoms with Crippen LogP contribution in [0.3, 0.4) is 0 Å². The van der Waals surface area contributed by atoms with Gasteiger partial charge >= 0.3 is 0 Å². The third kappa shape index (κ3) is 1.85. The van der Waals surface area contributed by atoms with Crippen LogP contribution in [-0.2, 0) is 9.53 Å². The van der Waals surface area contributed by atoms with Crippen LogP contribution in [0.25, 0.3) is 0 Å². The Bertz CT molecular complexity index is 739. The predicted octanol–water partition coefficient (Wildman–Crippen LogP) is 2.90. The van der Waals surface area contributed by atoms with Gasteiger partial charge in [-0.05, 0) is 42.5 Å². The number of ketones is 1. The Kier molecular flexibility index (Phi) is 3.34. The molecule has 0 aromatic heterocycles. The molecule has 1 aromatic rings. The summed E-state index contributed by atoms with van der Waals surface area (Å²) in [6.45, 7) is 6.03. The van der Waals surface area contributed by atoms with E-state index in [1.54, 1.807) is 6.08 Å². The number of carbonyl (C=O) groups is 1. The fourth-order valence-corrected chi connectivity index (χ4v) is 4.23. The topological polar surface area (TPSA) is 65.0 Å². The van der Waals surface area contributed by atoms with E-state index in [0.29, 0.717) is 24.3 Å². The highest BCUT2D eigenvalue weighted by molar-refractivity contribution is 5.97. The Hall–Kier alpha value is -2.11. The number of hydrogen-bond acceptors (Lipinski definition) is 5. The first-order valence-electron chi connectivity index (χ1n) is 8.13. The summed E-state index contributed by atoms with van der Waals surface area (Å²) in [5, 5.41) is 11.1. The molecule has 4 atom stereocenters. The average Bonchev–Trinajstić information content (AvgIpc) is 3.12. The van der Waals surface area contributed by atoms with Crippen LogP contribution in [0.5, 0.6) is 11.5 Å². The molecule has 1 aliphatic carbocycles. The molecule has 1 N–H and O–H groups in total. The van der Waals surface area contributed by atoms with Crippen molar-refractivity contribution in [2.45, 2.75) is 31.7 Å². The maximum absolute atomic E-state index is 12.4. The van der Waals surface area contributed by atoms with Gasteiger partial charge in [-0.15, -0.1) is 6.58 Å². The van der Waals surface area contributed by atoms with Gasteiger partial charge in [-0.25, -0.2) is 0 Å². The first kappa shape index (κ1) is 15.4. The Balaban J connectivity index is 1.77. The van der Waals surface area contributed by atoms with Crippen molar-refractivity contribution in [3.63, 3.8) is 0 Å². The molecule has 1 fully saturated rings. The van der Waals surface area contributed by atoms with Crippen molar-refractivity contribution in [2.24, 2.45) is 11.3 Å². The van der Waals surface area contributed by atoms with Crippen LogP contribution in [0.2, 0.25) is 0 Å². The number of hydrogen-bond donors (Lipinski definition) is 1. The molecule has 2 heterocycles. The predicted molar refractivity (Wildman–Crippen MR) is 86.5 cm³/mol. The van der Waals surface area contributed by atoms with E-state index in [0.717, 1.165) is 5.56 Å². The maximum Gasteiger partial charge on any atom is 0.237 e. The van der Waals surface area contributed by atoms with Gasteiger partial charge in [-0.2, -0.15) is 0 Å². The molecule has 0 saturated carbocycles. The first-order valence-corrected chi connectivity index (χ1v) is 8.13. The van der Waals surface area contributed by atoms with E-state index >= 15 is 0 Å². The van der Waals surface area contributed by atoms with Crippen LogP contribution in [0.4, 0.5) is 0 Å². The second-order valence-electron chi connectivity index (χ2n) is 6.70. The summed E-state index contributed by atoms with van der Waals surface area (Å²) in [7, 11) is 0. The molecular weight excluding hydrogens is 308 g/mol. The molecule has 3 aliphatic rings. The normalized spacial score (nSPS) is 36.7. The second kappa shape index (κ2) is 5.19. The highest BCUT2D eigenvalue weighted by atomic mass is 16.7. The SMILES string of the molecule is C=CC[C@]12CC=CC(=O)[C@]1(O)O[C@H](c1ccc3c(c1)OCO3)[C@@H]2C. The lowest BCUT2D eigenvalue weighted by Gasteiger charge is -2.42. The molecule has 0 radical (unpaired) electrons. The average molecular weight is 328 g/mol. The van der Waals surface area contributed by atoms with Crippen molar-refractivity contribution < 1.29 is 24.1 Å². The zero-order chi connectivity index (χ0) is 16.9. The summed E-state index contributed by atoms with van der Waals surface area (Å²) in [5.74, 6) is -0.942. The van der Waals surface area contributed by atoms with Gasteiger partial charge in [0.1, 0.15) is 0 Å². The number of benzene rings is 1. The number of ether oxygens (including phenoxy) is 3. The molecule has 5 nitrogen and oxygen atoms in total. The summed E-state index contributed by atoms with van der Waals surface area (Å²) in [6, 6.07) is 5.60. The van der Waals surface area contributed by atoms with Crippen molar-refractivity contribution in [1.82, 2.24) is 0 Å². The number of aliphatic hydroxyl groups is 1. The molecule has 2 aliphatic heterocycles. The van der Waals surface area contributed by atoms with E-state index in [4.69, 9.17) is 14.2 Å². The van der Waals surface area contributed by atoms with Crippen molar-refractivity contribution in [2.75, 3.05) is 6.79 Å². The molecule has 1 aromatic carbocycles. The van der Waals surface area contributed by atoms with Crippen LogP contribution in [0.15, 0.2) is 43.0 Å². The summed E-state index contributed by atoms with van der Waals surface area (Å²) in [6.07, 6.45) is 5.65. The van der Waals surface area contributed by atoms with Crippen molar-refractivity contribution in [3.8, 4) is 11.5 Å². The standard InChI is InChI=1S/C19H20O5/c1-3-8-18-9-4-5-16(20)19(18,21)24-17(12(18)2)13-6-7-14-15(10-13)23-11-22-14/h3-7,10,12,17,21H,1,8-9,11H2,2H3/t12-,17-,18+,19-/m0/s1. The zero-order valence-electron chi connectivity index (χ0n) is 13.5. The van der Waals surface area contributed by atoms with E-state index in [2.05, 4.69) is 6.58 Å². The quantitative estimate of drug-likeness (QED) is 0.864. The Morgan fingerprint density at radius 1 is 1.38 bits per heavy atom. The summed E-state index contributed by atoms with van der Waals surface area (Å²) in [5.41, 5.74) is 0.160. The van der Waals surface area contributed by atoms with E-state index in [9.17, 15) is 9.90 Å². The van der Waals surface area contributed by atoms with E-state index in [1.165, 1.54) is 6.08 Å². The van der Waals surface area contributed by atoms with Gasteiger partial charge in [0, 0.05) is 5.41 Å². The largest absolute Gasteiger partial charge is 0.454 e. The van der Waals surface area contributed by atoms with Crippen molar-refractivity contribution in [3.05, 3.63) is 48.6 Å². The van der Waals surface area contributed by atoms with E-state index in [1.807, 2.05) is 31.2 Å². The summed E-state index contributed by atoms with van der Waals surface area (Å²) in [4.78, 5) is 12.4. The molecule has 1 saturated heterocycles. The molecule has 0 bridgehead atoms. The highest BCUT2D eigenvalue weighted by Crippen LogP contribution is 2.61. The van der Waals surface area contributed by atoms with E-state index in [-0.39, 0.29) is 12.7 Å². The van der Waals surface area contributed by atoms with Gasteiger partial charge in [0.15, 0.2) is 11.5 Å². The van der Waals surface area contributed by atoms with Crippen molar-refractivity contribution in [1.29, 1.82) is 0 Å². The number of rotatable bonds is 3. The van der Waals surface area contributed by atoms with E-state index < -0.39 is 23.1 Å². The molecule has 5 heteroatoms. The first-order chi connectivity index (χ1) is 11.5. The maximum atomic E-state index is 12.4. The third-order valence-corrected chi connectivity index (χ3v) is 5.62. The van der Waals surface area contributed by atoms with Gasteiger partial charge in [0.2, 0.25) is 18.4 Å². The molecule has 0 unspecified atom stereocenters. The molecule has 126 valence electrons. The van der Waals surface area contributed by atoms with Gasteiger partial charge < -0.3 is 19.3 Å². The smallest absolute Gasteiger partial charge is 0.237 e. The molecule has 4 rings (SSSR count). The van der Waals surface area contributed by atoms with Gasteiger partial charge in [0.25, 0.3) is 0 Å². The number of carbonyl (C=O) groups excluding carboxylic acids is 1. The Morgan fingerprint density at radius 3 is 2.96 bits per heavy atom. The summed E-state index contributed by atoms with van der Waals surface area (Å²) < 4.78 is 16.8. The lowest BCUT2D eigenvalue weighted by Crippen LogP contribution is -2.54. The minimum Gasteiger partial charge on any atom is -0.454 e. The third-order valence-electron chi connectivity index (χ3n) is 5.62. The molecule has 24 heavy (non-hydrogen) atoms. The lowest BCUT2D eigenvalue weighted by atomic mass is 9.62. The Morgan fingerprint density at radius 2 is 2.17 bits per heavy atom. The fourth-order valence-electron chi connectivity index (χ4n) is 4.23. The fraction of sp³-hybridized carbons (Fsp3) is 0.421. The van der Waals surface area contributed by atoms with Crippen LogP contribution in [0.1, 0.15) is 31.4 Å². The molecular formula is C19H20O5. The van der Waals surface area contributed by atoms with Crippen LogP contribution >= 0.6 is 0 Å². The van der Waals surface area contributed by atoms with Crippen LogP contribution < -0.4 is 9.47 Å². The minimum atomic E-state index is -1.82.